The van der Waals surface area contributed by atoms with E-state index >= 15 is 0 Å². The van der Waals surface area contributed by atoms with Crippen LogP contribution < -0.4 is 5.32 Å². The smallest absolute Gasteiger partial charge is 0.309 e. The van der Waals surface area contributed by atoms with Crippen LogP contribution in [0.15, 0.2) is 4.99 Å². The summed E-state index contributed by atoms with van der Waals surface area (Å²) >= 11 is 0. The molecule has 1 N–H and O–H groups in total. The van der Waals surface area contributed by atoms with Gasteiger partial charge < -0.3 is 15.0 Å². The summed E-state index contributed by atoms with van der Waals surface area (Å²) in [6.45, 7) is 7.96. The van der Waals surface area contributed by atoms with Gasteiger partial charge in [0.15, 0.2) is 5.96 Å². The second kappa shape index (κ2) is 11.3. The summed E-state index contributed by atoms with van der Waals surface area (Å²) in [5.74, 6) is 0.900. The molecule has 2 saturated heterocycles. The van der Waals surface area contributed by atoms with Crippen LogP contribution in [0.4, 0.5) is 0 Å². The molecule has 0 spiro atoms. The van der Waals surface area contributed by atoms with E-state index in [0.29, 0.717) is 32.7 Å². The lowest BCUT2D eigenvalue weighted by Crippen LogP contribution is -2.47. The zero-order valence-electron chi connectivity index (χ0n) is 15.6. The summed E-state index contributed by atoms with van der Waals surface area (Å²) in [4.78, 5) is 18.5. The molecule has 26 heavy (non-hydrogen) atoms. The Morgan fingerprint density at radius 2 is 1.92 bits per heavy atom. The number of piperidine rings is 1. The number of halogens is 1. The molecular weight excluding hydrogens is 471 g/mol. The predicted octanol–water partition coefficient (Wildman–Crippen LogP) is 0.881. The first-order valence-electron chi connectivity index (χ1n) is 9.15. The Morgan fingerprint density at radius 1 is 1.23 bits per heavy atom. The van der Waals surface area contributed by atoms with Gasteiger partial charge in [-0.15, -0.1) is 24.0 Å². The quantitative estimate of drug-likeness (QED) is 0.251. The number of hydrogen-bond acceptors (Lipinski definition) is 5. The third kappa shape index (κ3) is 6.52. The molecule has 2 aliphatic heterocycles. The molecule has 8 nitrogen and oxygen atoms in total. The Kier molecular flexibility index (Phi) is 10.2. The molecule has 0 atom stereocenters. The summed E-state index contributed by atoms with van der Waals surface area (Å²) < 4.78 is 30.3. The van der Waals surface area contributed by atoms with E-state index in [1.807, 2.05) is 13.8 Å². The molecule has 0 saturated carbocycles. The largest absolute Gasteiger partial charge is 0.466 e. The number of sulfonamides is 1. The van der Waals surface area contributed by atoms with E-state index in [2.05, 4.69) is 15.2 Å². The Morgan fingerprint density at radius 3 is 2.46 bits per heavy atom. The highest BCUT2D eigenvalue weighted by molar-refractivity contribution is 14.0. The van der Waals surface area contributed by atoms with Crippen LogP contribution in [0.3, 0.4) is 0 Å². The fourth-order valence-corrected chi connectivity index (χ4v) is 4.74. The second-order valence-corrected chi connectivity index (χ2v) is 8.41. The normalized spacial score (nSPS) is 21.3. The van der Waals surface area contributed by atoms with Gasteiger partial charge in [-0.25, -0.2) is 12.7 Å². The standard InChI is InChI=1S/C16H30N4O4S.HI/c1-3-17-16(18-8-12-20-9-5-13-25(20,22)23)19-10-6-14(7-11-19)15(21)24-4-2;/h14H,3-13H2,1-2H3,(H,17,18);1H. The van der Waals surface area contributed by atoms with Gasteiger partial charge in [-0.3, -0.25) is 9.79 Å². The molecule has 10 heteroatoms. The molecule has 0 bridgehead atoms. The van der Waals surface area contributed by atoms with E-state index in [-0.39, 0.29) is 41.6 Å². The number of carbonyl (C=O) groups excluding carboxylic acids is 1. The topological polar surface area (TPSA) is 91.3 Å². The van der Waals surface area contributed by atoms with Gasteiger partial charge in [-0.2, -0.15) is 0 Å². The van der Waals surface area contributed by atoms with Crippen molar-refractivity contribution in [3.8, 4) is 0 Å². The molecule has 0 aromatic carbocycles. The van der Waals surface area contributed by atoms with Crippen LogP contribution in [0, 0.1) is 5.92 Å². The van der Waals surface area contributed by atoms with Crippen LogP contribution >= 0.6 is 24.0 Å². The molecule has 2 fully saturated rings. The minimum Gasteiger partial charge on any atom is -0.466 e. The van der Waals surface area contributed by atoms with Gasteiger partial charge in [-0.1, -0.05) is 0 Å². The van der Waals surface area contributed by atoms with Crippen molar-refractivity contribution in [2.24, 2.45) is 10.9 Å². The Balaban J connectivity index is 0.00000338. The van der Waals surface area contributed by atoms with E-state index in [9.17, 15) is 13.2 Å². The minimum absolute atomic E-state index is 0. The van der Waals surface area contributed by atoms with E-state index in [0.717, 1.165) is 38.4 Å². The third-order valence-corrected chi connectivity index (χ3v) is 6.52. The van der Waals surface area contributed by atoms with E-state index < -0.39 is 10.0 Å². The first-order valence-corrected chi connectivity index (χ1v) is 10.8. The summed E-state index contributed by atoms with van der Waals surface area (Å²) in [5.41, 5.74) is 0. The highest BCUT2D eigenvalue weighted by Crippen LogP contribution is 2.19. The number of guanidine groups is 1. The number of carbonyl (C=O) groups is 1. The molecule has 2 heterocycles. The second-order valence-electron chi connectivity index (χ2n) is 6.32. The number of esters is 1. The van der Waals surface area contributed by atoms with Crippen LogP contribution in [0.2, 0.25) is 0 Å². The highest BCUT2D eigenvalue weighted by Gasteiger charge is 2.29. The fourth-order valence-electron chi connectivity index (χ4n) is 3.22. The monoisotopic (exact) mass is 502 g/mol. The molecule has 0 unspecified atom stereocenters. The molecule has 0 aromatic rings. The molecule has 152 valence electrons. The number of rotatable bonds is 6. The van der Waals surface area contributed by atoms with Crippen LogP contribution in [0.25, 0.3) is 0 Å². The fraction of sp³-hybridized carbons (Fsp3) is 0.875. The van der Waals surface area contributed by atoms with Crippen molar-refractivity contribution in [2.75, 3.05) is 51.6 Å². The first kappa shape index (κ1) is 23.4. The van der Waals surface area contributed by atoms with Crippen molar-refractivity contribution in [3.63, 3.8) is 0 Å². The molecule has 0 amide bonds. The number of likely N-dealkylation sites (tertiary alicyclic amines) is 1. The number of ether oxygens (including phenoxy) is 1. The van der Waals surface area contributed by atoms with Crippen molar-refractivity contribution < 1.29 is 17.9 Å². The Labute approximate surface area is 173 Å². The molecule has 2 rings (SSSR count). The van der Waals surface area contributed by atoms with Crippen molar-refractivity contribution in [2.45, 2.75) is 33.1 Å². The predicted molar refractivity (Wildman–Crippen MR) is 112 cm³/mol. The summed E-state index contributed by atoms with van der Waals surface area (Å²) in [7, 11) is -3.07. The lowest BCUT2D eigenvalue weighted by atomic mass is 9.97. The van der Waals surface area contributed by atoms with Crippen LogP contribution in [-0.4, -0.2) is 81.2 Å². The Hall–Kier alpha value is -0.620. The van der Waals surface area contributed by atoms with Gasteiger partial charge in [0.1, 0.15) is 0 Å². The van der Waals surface area contributed by atoms with Gasteiger partial charge in [0.05, 0.1) is 24.8 Å². The van der Waals surface area contributed by atoms with Crippen LogP contribution in [-0.2, 0) is 19.6 Å². The SMILES string of the molecule is CCNC(=NCCN1CCCS1(=O)=O)N1CCC(C(=O)OCC)CC1.I. The van der Waals surface area contributed by atoms with Crippen LogP contribution in [0.1, 0.15) is 33.1 Å². The third-order valence-electron chi connectivity index (χ3n) is 4.56. The highest BCUT2D eigenvalue weighted by atomic mass is 127. The molecule has 2 aliphatic rings. The Bertz CT molecular complexity index is 577. The zero-order chi connectivity index (χ0) is 18.3. The molecular formula is C16H31IN4O4S. The van der Waals surface area contributed by atoms with E-state index in [4.69, 9.17) is 4.74 Å². The maximum atomic E-state index is 11.8. The van der Waals surface area contributed by atoms with Crippen molar-refractivity contribution in [3.05, 3.63) is 0 Å². The van der Waals surface area contributed by atoms with Crippen molar-refractivity contribution in [1.82, 2.24) is 14.5 Å². The van der Waals surface area contributed by atoms with Gasteiger partial charge >= 0.3 is 5.97 Å². The zero-order valence-corrected chi connectivity index (χ0v) is 18.8. The van der Waals surface area contributed by atoms with Gasteiger partial charge in [0.2, 0.25) is 10.0 Å². The maximum Gasteiger partial charge on any atom is 0.309 e. The van der Waals surface area contributed by atoms with E-state index in [1.54, 1.807) is 0 Å². The summed E-state index contributed by atoms with van der Waals surface area (Å²) in [5, 5.41) is 3.26. The lowest BCUT2D eigenvalue weighted by molar-refractivity contribution is -0.149. The van der Waals surface area contributed by atoms with Gasteiger partial charge in [0, 0.05) is 32.7 Å². The number of nitrogens with one attached hydrogen (secondary N) is 1. The number of nitrogens with zero attached hydrogens (tertiary/aromatic N) is 3. The lowest BCUT2D eigenvalue weighted by Gasteiger charge is -2.33. The average Bonchev–Trinajstić information content (AvgIpc) is 2.93. The first-order chi connectivity index (χ1) is 12.0. The molecule has 0 radical (unpaired) electrons. The minimum atomic E-state index is -3.07. The molecule has 0 aliphatic carbocycles. The van der Waals surface area contributed by atoms with Crippen molar-refractivity contribution in [1.29, 1.82) is 0 Å². The van der Waals surface area contributed by atoms with E-state index in [1.165, 1.54) is 4.31 Å². The van der Waals surface area contributed by atoms with Gasteiger partial charge in [-0.05, 0) is 33.1 Å². The summed E-state index contributed by atoms with van der Waals surface area (Å²) in [6, 6.07) is 0. The number of hydrogen-bond donors (Lipinski definition) is 1. The maximum absolute atomic E-state index is 11.8. The van der Waals surface area contributed by atoms with Gasteiger partial charge in [0.25, 0.3) is 0 Å². The van der Waals surface area contributed by atoms with Crippen LogP contribution in [0.5, 0.6) is 0 Å². The summed E-state index contributed by atoms with van der Waals surface area (Å²) in [6.07, 6.45) is 2.21. The average molecular weight is 502 g/mol. The number of aliphatic imine (C=N–C) groups is 1. The van der Waals surface area contributed by atoms with Crippen molar-refractivity contribution >= 4 is 45.9 Å². The molecule has 0 aromatic heterocycles.